The minimum Gasteiger partial charge on any atom is -0.481 e. The van der Waals surface area contributed by atoms with Gasteiger partial charge in [0.1, 0.15) is 0 Å². The monoisotopic (exact) mass is 313 g/mol. The largest absolute Gasteiger partial charge is 0.481 e. The number of rotatable bonds is 5. The average Bonchev–Trinajstić information content (AvgIpc) is 3.14. The Morgan fingerprint density at radius 2 is 1.78 bits per heavy atom. The quantitative estimate of drug-likeness (QED) is 0.821. The molecular weight excluding hydrogens is 290 g/mol. The first-order chi connectivity index (χ1) is 11.0. The minimum atomic E-state index is -0.856. The van der Waals surface area contributed by atoms with Gasteiger partial charge in [-0.05, 0) is 37.2 Å². The molecule has 0 saturated heterocycles. The molecule has 2 N–H and O–H groups in total. The molecule has 1 amide bonds. The molecule has 122 valence electrons. The van der Waals surface area contributed by atoms with Gasteiger partial charge in [0, 0.05) is 0 Å². The molecule has 4 nitrogen and oxygen atoms in total. The van der Waals surface area contributed by atoms with Crippen LogP contribution in [0.1, 0.15) is 36.9 Å². The summed E-state index contributed by atoms with van der Waals surface area (Å²) in [5.74, 6) is -1.93. The molecule has 1 aromatic carbocycles. The Morgan fingerprint density at radius 1 is 1.17 bits per heavy atom. The number of hydrogen-bond acceptors (Lipinski definition) is 2. The summed E-state index contributed by atoms with van der Waals surface area (Å²) in [5, 5.41) is 12.6. The van der Waals surface area contributed by atoms with Crippen molar-refractivity contribution in [2.24, 2.45) is 23.7 Å². The molecule has 2 aliphatic carbocycles. The third-order valence-corrected chi connectivity index (χ3v) is 5.25. The summed E-state index contributed by atoms with van der Waals surface area (Å²) >= 11 is 0. The number of fused-ring (bicyclic) bond motifs is 2. The van der Waals surface area contributed by atoms with Gasteiger partial charge in [-0.3, -0.25) is 9.59 Å². The maximum Gasteiger partial charge on any atom is 0.307 e. The first kappa shape index (κ1) is 15.8. The lowest BCUT2D eigenvalue weighted by Crippen LogP contribution is -2.41. The van der Waals surface area contributed by atoms with Crippen molar-refractivity contribution < 1.29 is 14.7 Å². The highest BCUT2D eigenvalue weighted by atomic mass is 16.4. The average molecular weight is 313 g/mol. The summed E-state index contributed by atoms with van der Waals surface area (Å²) in [6, 6.07) is 8.05. The standard InChI is InChI=1S/C19H23NO3/c1-3-15(12-6-4-11(2)5-7-12)20-18(21)16-13-8-9-14(10-13)17(16)19(22)23/h4-9,13-17H,3,10H2,1-2H3,(H,20,21)(H,22,23)/t13-,14-,15-,16-,17+/m0/s1. The van der Waals surface area contributed by atoms with Crippen LogP contribution in [0.25, 0.3) is 0 Å². The van der Waals surface area contributed by atoms with Crippen LogP contribution in [0.15, 0.2) is 36.4 Å². The van der Waals surface area contributed by atoms with E-state index >= 15 is 0 Å². The predicted octanol–water partition coefficient (Wildman–Crippen LogP) is 3.09. The van der Waals surface area contributed by atoms with Gasteiger partial charge in [-0.25, -0.2) is 0 Å². The number of amides is 1. The van der Waals surface area contributed by atoms with E-state index in [4.69, 9.17) is 0 Å². The van der Waals surface area contributed by atoms with E-state index in [1.807, 2.05) is 50.3 Å². The maximum absolute atomic E-state index is 12.8. The van der Waals surface area contributed by atoms with Crippen molar-refractivity contribution in [1.82, 2.24) is 5.32 Å². The zero-order valence-corrected chi connectivity index (χ0v) is 13.5. The number of aliphatic carboxylic acids is 1. The zero-order valence-electron chi connectivity index (χ0n) is 13.5. The topological polar surface area (TPSA) is 66.4 Å². The van der Waals surface area contributed by atoms with Crippen LogP contribution >= 0.6 is 0 Å². The molecule has 0 radical (unpaired) electrons. The number of benzene rings is 1. The van der Waals surface area contributed by atoms with E-state index in [0.717, 1.165) is 18.4 Å². The second kappa shape index (κ2) is 6.19. The van der Waals surface area contributed by atoms with Crippen LogP contribution in [-0.4, -0.2) is 17.0 Å². The number of carbonyl (C=O) groups excluding carboxylic acids is 1. The predicted molar refractivity (Wildman–Crippen MR) is 87.7 cm³/mol. The zero-order chi connectivity index (χ0) is 16.6. The third-order valence-electron chi connectivity index (χ3n) is 5.25. The molecule has 23 heavy (non-hydrogen) atoms. The Bertz CT molecular complexity index is 635. The molecule has 2 aliphatic rings. The molecule has 4 heteroatoms. The second-order valence-electron chi connectivity index (χ2n) is 6.72. The van der Waals surface area contributed by atoms with Gasteiger partial charge in [-0.15, -0.1) is 0 Å². The number of nitrogens with one attached hydrogen (secondary N) is 1. The molecule has 1 fully saturated rings. The Morgan fingerprint density at radius 3 is 2.35 bits per heavy atom. The lowest BCUT2D eigenvalue weighted by atomic mass is 9.82. The van der Waals surface area contributed by atoms with Gasteiger partial charge in [0.15, 0.2) is 0 Å². The van der Waals surface area contributed by atoms with Crippen molar-refractivity contribution in [3.05, 3.63) is 47.5 Å². The van der Waals surface area contributed by atoms with E-state index in [9.17, 15) is 14.7 Å². The van der Waals surface area contributed by atoms with E-state index in [-0.39, 0.29) is 23.8 Å². The first-order valence-electron chi connectivity index (χ1n) is 8.29. The SMILES string of the molecule is CC[C@H](NC(=O)[C@@H]1[C@H](C(=O)O)[C@H]2C=C[C@H]1C2)c1ccc(C)cc1. The summed E-state index contributed by atoms with van der Waals surface area (Å²) in [4.78, 5) is 24.3. The van der Waals surface area contributed by atoms with Crippen LogP contribution in [-0.2, 0) is 9.59 Å². The molecule has 0 aliphatic heterocycles. The fraction of sp³-hybridized carbons (Fsp3) is 0.474. The minimum absolute atomic E-state index is 0.00713. The van der Waals surface area contributed by atoms with Crippen molar-refractivity contribution >= 4 is 11.9 Å². The highest BCUT2D eigenvalue weighted by molar-refractivity contribution is 5.87. The normalized spacial score (nSPS) is 29.5. The van der Waals surface area contributed by atoms with Crippen LogP contribution < -0.4 is 5.32 Å². The molecular formula is C19H23NO3. The third kappa shape index (κ3) is 2.90. The number of aryl methyl sites for hydroxylation is 1. The van der Waals surface area contributed by atoms with Crippen LogP contribution in [0, 0.1) is 30.6 Å². The summed E-state index contributed by atoms with van der Waals surface area (Å²) in [6.45, 7) is 4.06. The molecule has 0 spiro atoms. The molecule has 5 atom stereocenters. The fourth-order valence-electron chi connectivity index (χ4n) is 4.00. The van der Waals surface area contributed by atoms with Gasteiger partial charge in [-0.2, -0.15) is 0 Å². The molecule has 0 unspecified atom stereocenters. The van der Waals surface area contributed by atoms with E-state index in [1.165, 1.54) is 5.56 Å². The van der Waals surface area contributed by atoms with Crippen LogP contribution in [0.5, 0.6) is 0 Å². The molecule has 1 aromatic rings. The highest BCUT2D eigenvalue weighted by Gasteiger charge is 2.51. The van der Waals surface area contributed by atoms with Gasteiger partial charge < -0.3 is 10.4 Å². The van der Waals surface area contributed by atoms with Gasteiger partial charge in [0.05, 0.1) is 17.9 Å². The lowest BCUT2D eigenvalue weighted by molar-refractivity contribution is -0.148. The maximum atomic E-state index is 12.8. The molecule has 2 bridgehead atoms. The van der Waals surface area contributed by atoms with E-state index in [1.54, 1.807) is 0 Å². The first-order valence-corrected chi connectivity index (χ1v) is 8.29. The summed E-state index contributed by atoms with van der Waals surface area (Å²) < 4.78 is 0. The van der Waals surface area contributed by atoms with E-state index in [0.29, 0.717) is 0 Å². The van der Waals surface area contributed by atoms with Crippen molar-refractivity contribution in [3.63, 3.8) is 0 Å². The Hall–Kier alpha value is -2.10. The van der Waals surface area contributed by atoms with Crippen LogP contribution in [0.3, 0.4) is 0 Å². The van der Waals surface area contributed by atoms with Crippen molar-refractivity contribution in [1.29, 1.82) is 0 Å². The Kier molecular flexibility index (Phi) is 4.24. The highest BCUT2D eigenvalue weighted by Crippen LogP contribution is 2.48. The van der Waals surface area contributed by atoms with E-state index < -0.39 is 17.8 Å². The fourth-order valence-corrected chi connectivity index (χ4v) is 4.00. The van der Waals surface area contributed by atoms with Gasteiger partial charge in [0.25, 0.3) is 0 Å². The number of hydrogen-bond donors (Lipinski definition) is 2. The lowest BCUT2D eigenvalue weighted by Gasteiger charge is -2.26. The van der Waals surface area contributed by atoms with E-state index in [2.05, 4.69) is 5.32 Å². The van der Waals surface area contributed by atoms with Crippen LogP contribution in [0.2, 0.25) is 0 Å². The Balaban J connectivity index is 1.76. The van der Waals surface area contributed by atoms with Gasteiger partial charge in [-0.1, -0.05) is 48.9 Å². The van der Waals surface area contributed by atoms with Crippen molar-refractivity contribution in [2.75, 3.05) is 0 Å². The summed E-state index contributed by atoms with van der Waals surface area (Å²) in [7, 11) is 0. The van der Waals surface area contributed by atoms with Crippen molar-refractivity contribution in [2.45, 2.75) is 32.7 Å². The summed E-state index contributed by atoms with van der Waals surface area (Å²) in [6.07, 6.45) is 5.55. The van der Waals surface area contributed by atoms with Crippen molar-refractivity contribution in [3.8, 4) is 0 Å². The number of carbonyl (C=O) groups is 2. The van der Waals surface area contributed by atoms with Gasteiger partial charge >= 0.3 is 5.97 Å². The number of carboxylic acid groups (broad SMARTS) is 1. The molecule has 1 saturated carbocycles. The van der Waals surface area contributed by atoms with Gasteiger partial charge in [0.2, 0.25) is 5.91 Å². The smallest absolute Gasteiger partial charge is 0.307 e. The van der Waals surface area contributed by atoms with Crippen LogP contribution in [0.4, 0.5) is 0 Å². The Labute approximate surface area is 136 Å². The number of carboxylic acids is 1. The molecule has 0 heterocycles. The second-order valence-corrected chi connectivity index (χ2v) is 6.72. The molecule has 0 aromatic heterocycles. The number of allylic oxidation sites excluding steroid dienone is 2. The summed E-state index contributed by atoms with van der Waals surface area (Å²) in [5.41, 5.74) is 2.25. The molecule has 3 rings (SSSR count).